The molecule has 0 aromatic carbocycles. The van der Waals surface area contributed by atoms with Gasteiger partial charge in [0.25, 0.3) is 0 Å². The molecule has 0 saturated carbocycles. The Labute approximate surface area is 109 Å². The number of nitrogens with one attached hydrogen (secondary N) is 1. The first kappa shape index (κ1) is 15.1. The number of aromatic nitrogens is 1. The van der Waals surface area contributed by atoms with Crippen LogP contribution in [0.5, 0.6) is 5.88 Å². The number of hydrazine groups is 1. The summed E-state index contributed by atoms with van der Waals surface area (Å²) in [6.45, 7) is -1.57. The smallest absolute Gasteiger partial charge is 0.340 e. The molecule has 0 radical (unpaired) electrons. The highest BCUT2D eigenvalue weighted by molar-refractivity contribution is 6.36. The molecule has 0 atom stereocenters. The number of nitrogen functional groups attached to an aromatic ring is 1. The van der Waals surface area contributed by atoms with E-state index in [-0.39, 0.29) is 15.9 Å². The van der Waals surface area contributed by atoms with Crippen molar-refractivity contribution in [1.82, 2.24) is 4.98 Å². The highest BCUT2D eigenvalue weighted by Gasteiger charge is 2.42. The topological polar surface area (TPSA) is 60.2 Å². The Kier molecular flexibility index (Phi) is 4.83. The van der Waals surface area contributed by atoms with E-state index in [1.807, 2.05) is 0 Å². The molecule has 3 N–H and O–H groups in total. The molecule has 0 saturated heterocycles. The molecule has 0 fully saturated rings. The molecule has 1 aromatic heterocycles. The summed E-state index contributed by atoms with van der Waals surface area (Å²) >= 11 is 11.2. The number of hydrogen-bond acceptors (Lipinski definition) is 4. The van der Waals surface area contributed by atoms with Gasteiger partial charge >= 0.3 is 12.3 Å². The number of anilines is 1. The molecule has 0 aliphatic rings. The number of nitrogens with two attached hydrogens (primary N) is 1. The fourth-order valence-corrected chi connectivity index (χ4v) is 1.35. The lowest BCUT2D eigenvalue weighted by molar-refractivity contribution is -0.148. The molecule has 0 amide bonds. The van der Waals surface area contributed by atoms with E-state index in [1.54, 1.807) is 0 Å². The minimum absolute atomic E-state index is 0.0236. The Hall–Kier alpha value is -0.990. The van der Waals surface area contributed by atoms with Crippen LogP contribution in [0.25, 0.3) is 0 Å². The first-order chi connectivity index (χ1) is 8.27. The maximum atomic E-state index is 12.6. The van der Waals surface area contributed by atoms with Crippen LogP contribution < -0.4 is 16.0 Å². The standard InChI is InChI=1S/C8H7Cl2F4N3O/c9-3-1-4(10)6(16-5(3)17-15)18-2-8(13,14)7(11)12/h1,7H,2,15H2,(H,16,17). The van der Waals surface area contributed by atoms with Gasteiger partial charge in [-0.25, -0.2) is 14.6 Å². The van der Waals surface area contributed by atoms with Crippen LogP contribution in [0.4, 0.5) is 23.4 Å². The SMILES string of the molecule is NNc1nc(OCC(F)(F)C(F)F)c(Cl)cc1Cl. The Morgan fingerprint density at radius 3 is 2.50 bits per heavy atom. The van der Waals surface area contributed by atoms with Crippen LogP contribution in [-0.4, -0.2) is 23.9 Å². The van der Waals surface area contributed by atoms with Gasteiger partial charge in [0.15, 0.2) is 12.4 Å². The minimum Gasteiger partial charge on any atom is -0.470 e. The van der Waals surface area contributed by atoms with Crippen molar-refractivity contribution < 1.29 is 22.3 Å². The summed E-state index contributed by atoms with van der Waals surface area (Å²) in [4.78, 5) is 3.55. The molecule has 102 valence electrons. The molecule has 0 unspecified atom stereocenters. The molecular formula is C8H7Cl2F4N3O. The lowest BCUT2D eigenvalue weighted by Gasteiger charge is -2.16. The number of pyridine rings is 1. The van der Waals surface area contributed by atoms with E-state index in [4.69, 9.17) is 29.0 Å². The van der Waals surface area contributed by atoms with E-state index in [0.717, 1.165) is 6.07 Å². The summed E-state index contributed by atoms with van der Waals surface area (Å²) < 4.78 is 53.4. The summed E-state index contributed by atoms with van der Waals surface area (Å²) in [5, 5.41) is -0.181. The van der Waals surface area contributed by atoms with E-state index in [0.29, 0.717) is 0 Å². The van der Waals surface area contributed by atoms with Crippen molar-refractivity contribution in [2.75, 3.05) is 12.0 Å². The fourth-order valence-electron chi connectivity index (χ4n) is 0.880. The van der Waals surface area contributed by atoms with Crippen molar-refractivity contribution in [3.63, 3.8) is 0 Å². The summed E-state index contributed by atoms with van der Waals surface area (Å²) in [5.41, 5.74) is 2.07. The first-order valence-corrected chi connectivity index (χ1v) is 5.15. The molecule has 4 nitrogen and oxygen atoms in total. The number of halogens is 6. The maximum absolute atomic E-state index is 12.6. The number of ether oxygens (including phenoxy) is 1. The van der Waals surface area contributed by atoms with Crippen molar-refractivity contribution in [1.29, 1.82) is 0 Å². The van der Waals surface area contributed by atoms with Crippen LogP contribution in [0, 0.1) is 0 Å². The zero-order valence-corrected chi connectivity index (χ0v) is 10.1. The van der Waals surface area contributed by atoms with Crippen molar-refractivity contribution in [3.05, 3.63) is 16.1 Å². The second kappa shape index (κ2) is 5.77. The molecule has 0 aliphatic heterocycles. The van der Waals surface area contributed by atoms with E-state index in [9.17, 15) is 17.6 Å². The van der Waals surface area contributed by atoms with Crippen LogP contribution in [0.3, 0.4) is 0 Å². The highest BCUT2D eigenvalue weighted by Crippen LogP contribution is 2.32. The minimum atomic E-state index is -4.30. The average molecular weight is 308 g/mol. The fraction of sp³-hybridized carbons (Fsp3) is 0.375. The van der Waals surface area contributed by atoms with Gasteiger partial charge in [-0.2, -0.15) is 13.8 Å². The zero-order chi connectivity index (χ0) is 13.9. The third-order valence-corrected chi connectivity index (χ3v) is 2.31. The predicted octanol–water partition coefficient (Wildman–Crippen LogP) is 2.95. The van der Waals surface area contributed by atoms with Crippen LogP contribution in [0.2, 0.25) is 10.0 Å². The number of rotatable bonds is 5. The van der Waals surface area contributed by atoms with Gasteiger partial charge in [-0.05, 0) is 6.07 Å². The largest absolute Gasteiger partial charge is 0.470 e. The molecule has 0 bridgehead atoms. The van der Waals surface area contributed by atoms with E-state index in [2.05, 4.69) is 15.1 Å². The molecule has 10 heteroatoms. The van der Waals surface area contributed by atoms with Gasteiger partial charge in [-0.3, -0.25) is 0 Å². The van der Waals surface area contributed by atoms with Crippen LogP contribution in [-0.2, 0) is 0 Å². The molecule has 0 aliphatic carbocycles. The number of alkyl halides is 4. The third kappa shape index (κ3) is 3.50. The van der Waals surface area contributed by atoms with Gasteiger partial charge in [0.2, 0.25) is 5.88 Å². The molecule has 1 aromatic rings. The second-order valence-corrected chi connectivity index (χ2v) is 3.91. The monoisotopic (exact) mass is 307 g/mol. The van der Waals surface area contributed by atoms with E-state index in [1.165, 1.54) is 0 Å². The number of nitrogens with zero attached hydrogens (tertiary/aromatic N) is 1. The lowest BCUT2D eigenvalue weighted by Crippen LogP contribution is -2.34. The number of hydrogen-bond donors (Lipinski definition) is 2. The Bertz CT molecular complexity index is 433. The molecule has 1 rings (SSSR count). The van der Waals surface area contributed by atoms with Gasteiger partial charge in [0, 0.05) is 0 Å². The van der Waals surface area contributed by atoms with E-state index >= 15 is 0 Å². The van der Waals surface area contributed by atoms with Crippen molar-refractivity contribution >= 4 is 29.0 Å². The van der Waals surface area contributed by atoms with Gasteiger partial charge in [0.1, 0.15) is 5.02 Å². The lowest BCUT2D eigenvalue weighted by atomic mass is 10.4. The quantitative estimate of drug-likeness (QED) is 0.499. The normalized spacial score (nSPS) is 11.8. The second-order valence-electron chi connectivity index (χ2n) is 3.10. The molecule has 1 heterocycles. The summed E-state index contributed by atoms with van der Waals surface area (Å²) in [5.74, 6) is 0.167. The highest BCUT2D eigenvalue weighted by atomic mass is 35.5. The molecule has 0 spiro atoms. The van der Waals surface area contributed by atoms with Gasteiger partial charge in [0.05, 0.1) is 5.02 Å². The summed E-state index contributed by atoms with van der Waals surface area (Å²) in [6.07, 6.45) is -3.85. The van der Waals surface area contributed by atoms with Crippen molar-refractivity contribution in [2.45, 2.75) is 12.3 Å². The van der Waals surface area contributed by atoms with Crippen molar-refractivity contribution in [3.8, 4) is 5.88 Å². The first-order valence-electron chi connectivity index (χ1n) is 4.39. The van der Waals surface area contributed by atoms with Crippen LogP contribution >= 0.6 is 23.2 Å². The van der Waals surface area contributed by atoms with Crippen molar-refractivity contribution in [2.24, 2.45) is 5.84 Å². The summed E-state index contributed by atoms with van der Waals surface area (Å²) in [6, 6.07) is 1.13. The average Bonchev–Trinajstić information content (AvgIpc) is 2.27. The third-order valence-electron chi connectivity index (χ3n) is 1.75. The predicted molar refractivity (Wildman–Crippen MR) is 58.5 cm³/mol. The van der Waals surface area contributed by atoms with Gasteiger partial charge in [-0.15, -0.1) is 0 Å². The van der Waals surface area contributed by atoms with Crippen LogP contribution in [0.15, 0.2) is 6.07 Å². The van der Waals surface area contributed by atoms with Crippen LogP contribution in [0.1, 0.15) is 0 Å². The Balaban J connectivity index is 2.85. The zero-order valence-electron chi connectivity index (χ0n) is 8.56. The Morgan fingerprint density at radius 1 is 1.39 bits per heavy atom. The maximum Gasteiger partial charge on any atom is 0.340 e. The molecular weight excluding hydrogens is 301 g/mol. The van der Waals surface area contributed by atoms with E-state index < -0.39 is 24.8 Å². The molecule has 18 heavy (non-hydrogen) atoms. The van der Waals surface area contributed by atoms with Gasteiger partial charge in [-0.1, -0.05) is 23.2 Å². The Morgan fingerprint density at radius 2 is 2.00 bits per heavy atom. The van der Waals surface area contributed by atoms with Gasteiger partial charge < -0.3 is 10.2 Å². The summed E-state index contributed by atoms with van der Waals surface area (Å²) in [7, 11) is 0.